The van der Waals surface area contributed by atoms with Crippen LogP contribution < -0.4 is 10.6 Å². The number of fused-ring (bicyclic) bond motifs is 1. The number of amides is 1. The zero-order valence-corrected chi connectivity index (χ0v) is 13.5. The first-order valence-corrected chi connectivity index (χ1v) is 8.36. The normalized spacial score (nSPS) is 19.8. The van der Waals surface area contributed by atoms with Gasteiger partial charge in [0.15, 0.2) is 0 Å². The smallest absolute Gasteiger partial charge is 0.222 e. The molecule has 1 saturated heterocycles. The zero-order chi connectivity index (χ0) is 16.5. The summed E-state index contributed by atoms with van der Waals surface area (Å²) in [6.45, 7) is 2.29. The summed E-state index contributed by atoms with van der Waals surface area (Å²) in [5.74, 6) is 0.587. The van der Waals surface area contributed by atoms with E-state index in [0.717, 1.165) is 43.0 Å². The molecule has 5 nitrogen and oxygen atoms in total. The van der Waals surface area contributed by atoms with Crippen molar-refractivity contribution in [2.75, 3.05) is 18.0 Å². The van der Waals surface area contributed by atoms with Crippen LogP contribution in [0.3, 0.4) is 0 Å². The fraction of sp³-hybridized carbons (Fsp3) is 0.316. The van der Waals surface area contributed by atoms with E-state index in [2.05, 4.69) is 28.1 Å². The van der Waals surface area contributed by atoms with Crippen LogP contribution in [-0.2, 0) is 11.3 Å². The standard InChI is InChI=1S/C19H20N4O/c20-19(24)15-5-3-9-23(12-15)17-10-13(7-8-21-17)18-16-6-2-1-4-14(16)11-22-18/h1-2,4,6-8,10,15H,3,5,9,11-12H2,(H2,20,24). The van der Waals surface area contributed by atoms with Gasteiger partial charge in [0.2, 0.25) is 5.91 Å². The second-order valence-electron chi connectivity index (χ2n) is 6.41. The molecule has 2 aliphatic rings. The molecule has 1 aromatic carbocycles. The maximum atomic E-state index is 11.5. The predicted octanol–water partition coefficient (Wildman–Crippen LogP) is 2.13. The highest BCUT2D eigenvalue weighted by molar-refractivity contribution is 6.15. The Morgan fingerprint density at radius 3 is 3.00 bits per heavy atom. The minimum Gasteiger partial charge on any atom is -0.369 e. The highest BCUT2D eigenvalue weighted by Gasteiger charge is 2.25. The van der Waals surface area contributed by atoms with Gasteiger partial charge in [-0.3, -0.25) is 9.79 Å². The van der Waals surface area contributed by atoms with Crippen molar-refractivity contribution < 1.29 is 4.79 Å². The monoisotopic (exact) mass is 320 g/mol. The van der Waals surface area contributed by atoms with Crippen molar-refractivity contribution in [3.05, 3.63) is 59.3 Å². The summed E-state index contributed by atoms with van der Waals surface area (Å²) in [7, 11) is 0. The minimum atomic E-state index is -0.218. The molecular formula is C19H20N4O. The molecule has 1 unspecified atom stereocenters. The molecule has 0 radical (unpaired) electrons. The van der Waals surface area contributed by atoms with Crippen molar-refractivity contribution >= 4 is 17.4 Å². The molecule has 0 bridgehead atoms. The quantitative estimate of drug-likeness (QED) is 0.942. The summed E-state index contributed by atoms with van der Waals surface area (Å²) < 4.78 is 0. The molecule has 1 aromatic heterocycles. The fourth-order valence-electron chi connectivity index (χ4n) is 3.54. The lowest BCUT2D eigenvalue weighted by molar-refractivity contribution is -0.122. The molecular weight excluding hydrogens is 300 g/mol. The third kappa shape index (κ3) is 2.66. The third-order valence-electron chi connectivity index (χ3n) is 4.85. The van der Waals surface area contributed by atoms with E-state index >= 15 is 0 Å². The maximum absolute atomic E-state index is 11.5. The van der Waals surface area contributed by atoms with Crippen molar-refractivity contribution in [1.82, 2.24) is 4.98 Å². The first-order valence-electron chi connectivity index (χ1n) is 8.36. The molecule has 1 amide bonds. The predicted molar refractivity (Wildman–Crippen MR) is 94.2 cm³/mol. The van der Waals surface area contributed by atoms with Crippen LogP contribution in [0, 0.1) is 5.92 Å². The Morgan fingerprint density at radius 1 is 1.25 bits per heavy atom. The van der Waals surface area contributed by atoms with E-state index in [0.29, 0.717) is 6.54 Å². The fourth-order valence-corrected chi connectivity index (χ4v) is 3.54. The highest BCUT2D eigenvalue weighted by Crippen LogP contribution is 2.26. The van der Waals surface area contributed by atoms with Crippen LogP contribution in [-0.4, -0.2) is 29.7 Å². The summed E-state index contributed by atoms with van der Waals surface area (Å²) in [6, 6.07) is 12.4. The average molecular weight is 320 g/mol. The molecule has 4 rings (SSSR count). The number of nitrogens with zero attached hydrogens (tertiary/aromatic N) is 3. The maximum Gasteiger partial charge on any atom is 0.222 e. The second kappa shape index (κ2) is 6.07. The molecule has 2 aliphatic heterocycles. The number of hydrogen-bond donors (Lipinski definition) is 1. The lowest BCUT2D eigenvalue weighted by atomic mass is 9.97. The van der Waals surface area contributed by atoms with Gasteiger partial charge >= 0.3 is 0 Å². The molecule has 2 aromatic rings. The first kappa shape index (κ1) is 14.9. The number of carbonyl (C=O) groups excluding carboxylic acids is 1. The topological polar surface area (TPSA) is 71.6 Å². The number of carbonyl (C=O) groups is 1. The van der Waals surface area contributed by atoms with Gasteiger partial charge < -0.3 is 10.6 Å². The van der Waals surface area contributed by atoms with Crippen LogP contribution in [0.2, 0.25) is 0 Å². The molecule has 1 atom stereocenters. The largest absolute Gasteiger partial charge is 0.369 e. The second-order valence-corrected chi connectivity index (χ2v) is 6.41. The summed E-state index contributed by atoms with van der Waals surface area (Å²) in [5, 5.41) is 0. The number of benzene rings is 1. The number of pyridine rings is 1. The van der Waals surface area contributed by atoms with Crippen LogP contribution >= 0.6 is 0 Å². The van der Waals surface area contributed by atoms with Crippen LogP contribution in [0.4, 0.5) is 5.82 Å². The van der Waals surface area contributed by atoms with Crippen LogP contribution in [0.15, 0.2) is 47.6 Å². The van der Waals surface area contributed by atoms with Gasteiger partial charge in [0.1, 0.15) is 5.82 Å². The highest BCUT2D eigenvalue weighted by atomic mass is 16.1. The Bertz CT molecular complexity index is 815. The molecule has 0 spiro atoms. The molecule has 122 valence electrons. The van der Waals surface area contributed by atoms with Gasteiger partial charge in [-0.05, 0) is 30.5 Å². The number of anilines is 1. The third-order valence-corrected chi connectivity index (χ3v) is 4.85. The van der Waals surface area contributed by atoms with Gasteiger partial charge in [-0.25, -0.2) is 4.98 Å². The molecule has 3 heterocycles. The number of aliphatic imine (C=N–C) groups is 1. The molecule has 2 N–H and O–H groups in total. The molecule has 24 heavy (non-hydrogen) atoms. The van der Waals surface area contributed by atoms with Crippen molar-refractivity contribution in [3.8, 4) is 0 Å². The van der Waals surface area contributed by atoms with Gasteiger partial charge in [0, 0.05) is 30.4 Å². The van der Waals surface area contributed by atoms with Gasteiger partial charge in [-0.1, -0.05) is 24.3 Å². The summed E-state index contributed by atoms with van der Waals surface area (Å²) in [6.07, 6.45) is 3.65. The Kier molecular flexibility index (Phi) is 3.76. The molecule has 0 aliphatic carbocycles. The number of aromatic nitrogens is 1. The van der Waals surface area contributed by atoms with Crippen molar-refractivity contribution in [3.63, 3.8) is 0 Å². The van der Waals surface area contributed by atoms with Crippen LogP contribution in [0.25, 0.3) is 0 Å². The van der Waals surface area contributed by atoms with E-state index < -0.39 is 0 Å². The first-order chi connectivity index (χ1) is 11.7. The summed E-state index contributed by atoms with van der Waals surface area (Å²) in [4.78, 5) is 22.9. The SMILES string of the molecule is NC(=O)C1CCCN(c2cc(C3=NCc4ccccc43)ccn2)C1. The van der Waals surface area contributed by atoms with E-state index in [4.69, 9.17) is 10.7 Å². The van der Waals surface area contributed by atoms with Gasteiger partial charge in [-0.2, -0.15) is 0 Å². The number of nitrogens with two attached hydrogens (primary N) is 1. The molecule has 5 heteroatoms. The van der Waals surface area contributed by atoms with Crippen LogP contribution in [0.1, 0.15) is 29.5 Å². The Balaban J connectivity index is 1.62. The van der Waals surface area contributed by atoms with Gasteiger partial charge in [0.05, 0.1) is 18.2 Å². The minimum absolute atomic E-state index is 0.0891. The van der Waals surface area contributed by atoms with E-state index in [-0.39, 0.29) is 11.8 Å². The average Bonchev–Trinajstić information content (AvgIpc) is 3.06. The van der Waals surface area contributed by atoms with Gasteiger partial charge in [0.25, 0.3) is 0 Å². The van der Waals surface area contributed by atoms with E-state index in [1.165, 1.54) is 11.1 Å². The number of primary amides is 1. The van der Waals surface area contributed by atoms with E-state index in [1.807, 2.05) is 24.4 Å². The van der Waals surface area contributed by atoms with Crippen molar-refractivity contribution in [1.29, 1.82) is 0 Å². The Labute approximate surface area is 141 Å². The lowest BCUT2D eigenvalue weighted by Crippen LogP contribution is -2.41. The Morgan fingerprint density at radius 2 is 2.12 bits per heavy atom. The molecule has 1 fully saturated rings. The summed E-state index contributed by atoms with van der Waals surface area (Å²) in [5.41, 5.74) is 10.0. The number of hydrogen-bond acceptors (Lipinski definition) is 4. The number of piperidine rings is 1. The van der Waals surface area contributed by atoms with E-state index in [9.17, 15) is 4.79 Å². The van der Waals surface area contributed by atoms with Crippen molar-refractivity contribution in [2.24, 2.45) is 16.6 Å². The lowest BCUT2D eigenvalue weighted by Gasteiger charge is -2.32. The van der Waals surface area contributed by atoms with Crippen molar-refractivity contribution in [2.45, 2.75) is 19.4 Å². The Hall–Kier alpha value is -2.69. The van der Waals surface area contributed by atoms with Crippen LogP contribution in [0.5, 0.6) is 0 Å². The number of rotatable bonds is 3. The van der Waals surface area contributed by atoms with E-state index in [1.54, 1.807) is 0 Å². The van der Waals surface area contributed by atoms with Gasteiger partial charge in [-0.15, -0.1) is 0 Å². The zero-order valence-electron chi connectivity index (χ0n) is 13.5. The molecule has 0 saturated carbocycles. The summed E-state index contributed by atoms with van der Waals surface area (Å²) >= 11 is 0.